The number of aliphatic carboxylic acids is 1. The summed E-state index contributed by atoms with van der Waals surface area (Å²) < 4.78 is 0. The summed E-state index contributed by atoms with van der Waals surface area (Å²) in [5.74, 6) is -1.43. The first-order valence-corrected chi connectivity index (χ1v) is 10.2. The molecule has 0 aliphatic carbocycles. The minimum Gasteiger partial charge on any atom is -0.481 e. The van der Waals surface area contributed by atoms with E-state index in [4.69, 9.17) is 5.11 Å². The predicted octanol–water partition coefficient (Wildman–Crippen LogP) is 5.28. The van der Waals surface area contributed by atoms with Crippen molar-refractivity contribution in [2.45, 2.75) is 104 Å². The second-order valence-corrected chi connectivity index (χ2v) is 7.30. The van der Waals surface area contributed by atoms with E-state index < -0.39 is 18.2 Å². The molecule has 0 aromatic carbocycles. The van der Waals surface area contributed by atoms with Crippen molar-refractivity contribution < 1.29 is 20.1 Å². The van der Waals surface area contributed by atoms with Gasteiger partial charge in [-0.3, -0.25) is 4.79 Å². The zero-order valence-electron chi connectivity index (χ0n) is 16.3. The van der Waals surface area contributed by atoms with Crippen molar-refractivity contribution in [3.05, 3.63) is 12.2 Å². The number of unbranched alkanes of at least 4 members (excludes halogenated alkanes) is 9. The van der Waals surface area contributed by atoms with Crippen LogP contribution < -0.4 is 0 Å². The fourth-order valence-corrected chi connectivity index (χ4v) is 3.14. The van der Waals surface area contributed by atoms with Crippen molar-refractivity contribution in [2.75, 3.05) is 0 Å². The van der Waals surface area contributed by atoms with Crippen LogP contribution >= 0.6 is 0 Å². The maximum Gasteiger partial charge on any atom is 0.303 e. The van der Waals surface area contributed by atoms with Crippen molar-refractivity contribution in [3.63, 3.8) is 0 Å². The third kappa shape index (κ3) is 15.1. The second kappa shape index (κ2) is 16.6. The molecule has 4 heteroatoms. The fourth-order valence-electron chi connectivity index (χ4n) is 3.14. The Morgan fingerprint density at radius 1 is 0.880 bits per heavy atom. The normalized spacial score (nSPS) is 14.3. The average molecular weight is 357 g/mol. The lowest BCUT2D eigenvalue weighted by atomic mass is 9.86. The Morgan fingerprint density at radius 3 is 1.92 bits per heavy atom. The highest BCUT2D eigenvalue weighted by Gasteiger charge is 2.24. The minimum atomic E-state index is -1.44. The molecule has 0 radical (unpaired) electrons. The summed E-state index contributed by atoms with van der Waals surface area (Å²) in [6, 6.07) is 0. The SMILES string of the molecule is CCCCCCCCC=CCCCCCC(CC(=O)O)C(C)C(O)O. The molecule has 3 N–H and O–H groups in total. The summed E-state index contributed by atoms with van der Waals surface area (Å²) in [5, 5.41) is 27.5. The largest absolute Gasteiger partial charge is 0.481 e. The first kappa shape index (κ1) is 24.1. The molecule has 4 nitrogen and oxygen atoms in total. The van der Waals surface area contributed by atoms with E-state index in [-0.39, 0.29) is 12.3 Å². The lowest BCUT2D eigenvalue weighted by Gasteiger charge is -2.23. The number of allylic oxidation sites excluding steroid dienone is 2. The monoisotopic (exact) mass is 356 g/mol. The van der Waals surface area contributed by atoms with Gasteiger partial charge in [0.05, 0.1) is 0 Å². The van der Waals surface area contributed by atoms with Crippen LogP contribution in [0.5, 0.6) is 0 Å². The van der Waals surface area contributed by atoms with Gasteiger partial charge in [-0.15, -0.1) is 0 Å². The number of aliphatic hydroxyl groups excluding tert-OH is 1. The standard InChI is InChI=1S/C21H40O4/c1-3-4-5-6-7-8-9-10-11-12-13-14-15-16-19(17-20(22)23)18(2)21(24)25/h10-11,18-19,21,24-25H,3-9,12-17H2,1-2H3,(H,22,23). The lowest BCUT2D eigenvalue weighted by Crippen LogP contribution is -2.27. The zero-order valence-corrected chi connectivity index (χ0v) is 16.3. The van der Waals surface area contributed by atoms with Gasteiger partial charge in [-0.25, -0.2) is 0 Å². The van der Waals surface area contributed by atoms with Crippen LogP contribution in [0.4, 0.5) is 0 Å². The van der Waals surface area contributed by atoms with Crippen LogP contribution in [0, 0.1) is 11.8 Å². The highest BCUT2D eigenvalue weighted by molar-refractivity contribution is 5.67. The van der Waals surface area contributed by atoms with E-state index in [1.54, 1.807) is 6.92 Å². The smallest absolute Gasteiger partial charge is 0.303 e. The Kier molecular flexibility index (Phi) is 16.0. The Labute approximate surface area is 154 Å². The van der Waals surface area contributed by atoms with Gasteiger partial charge in [-0.05, 0) is 38.0 Å². The molecule has 0 amide bonds. The number of carbonyl (C=O) groups is 1. The Balaban J connectivity index is 3.65. The van der Waals surface area contributed by atoms with Gasteiger partial charge in [0.1, 0.15) is 0 Å². The van der Waals surface area contributed by atoms with Gasteiger partial charge < -0.3 is 15.3 Å². The van der Waals surface area contributed by atoms with Gasteiger partial charge >= 0.3 is 5.97 Å². The molecular formula is C21H40O4. The highest BCUT2D eigenvalue weighted by Crippen LogP contribution is 2.25. The van der Waals surface area contributed by atoms with Crippen LogP contribution in [-0.2, 0) is 4.79 Å². The molecule has 0 rings (SSSR count). The second-order valence-electron chi connectivity index (χ2n) is 7.30. The van der Waals surface area contributed by atoms with Crippen molar-refractivity contribution in [1.29, 1.82) is 0 Å². The Morgan fingerprint density at radius 2 is 1.40 bits per heavy atom. The summed E-state index contributed by atoms with van der Waals surface area (Å²) in [7, 11) is 0. The third-order valence-corrected chi connectivity index (χ3v) is 4.99. The van der Waals surface area contributed by atoms with E-state index in [1.807, 2.05) is 0 Å². The number of hydrogen-bond acceptors (Lipinski definition) is 3. The molecule has 2 unspecified atom stereocenters. The molecule has 0 aromatic heterocycles. The van der Waals surface area contributed by atoms with Crippen LogP contribution in [0.3, 0.4) is 0 Å². The Hall–Kier alpha value is -0.870. The molecule has 0 spiro atoms. The summed E-state index contributed by atoms with van der Waals surface area (Å²) in [6.07, 6.45) is 17.3. The van der Waals surface area contributed by atoms with Gasteiger partial charge in [-0.2, -0.15) is 0 Å². The molecule has 2 atom stereocenters. The molecule has 0 fully saturated rings. The molecule has 0 heterocycles. The zero-order chi connectivity index (χ0) is 18.9. The van der Waals surface area contributed by atoms with Crippen molar-refractivity contribution in [1.82, 2.24) is 0 Å². The number of carboxylic acid groups (broad SMARTS) is 1. The molecule has 0 aliphatic heterocycles. The minimum absolute atomic E-state index is 0.0109. The van der Waals surface area contributed by atoms with Crippen molar-refractivity contribution >= 4 is 5.97 Å². The number of hydrogen-bond donors (Lipinski definition) is 3. The van der Waals surface area contributed by atoms with Gasteiger partial charge in [0, 0.05) is 12.3 Å². The van der Waals surface area contributed by atoms with Gasteiger partial charge in [-0.1, -0.05) is 70.9 Å². The maximum atomic E-state index is 10.9. The lowest BCUT2D eigenvalue weighted by molar-refractivity contribution is -0.141. The van der Waals surface area contributed by atoms with E-state index in [0.717, 1.165) is 32.1 Å². The Bertz CT molecular complexity index is 339. The average Bonchev–Trinajstić information content (AvgIpc) is 2.56. The molecular weight excluding hydrogens is 316 g/mol. The molecule has 0 aromatic rings. The van der Waals surface area contributed by atoms with Gasteiger partial charge in [0.25, 0.3) is 0 Å². The number of aliphatic hydroxyl groups is 2. The molecule has 0 bridgehead atoms. The van der Waals surface area contributed by atoms with E-state index in [2.05, 4.69) is 19.1 Å². The topological polar surface area (TPSA) is 77.8 Å². The summed E-state index contributed by atoms with van der Waals surface area (Å²) in [6.45, 7) is 3.95. The number of rotatable bonds is 17. The maximum absolute atomic E-state index is 10.9. The number of carboxylic acids is 1. The first-order chi connectivity index (χ1) is 12.0. The first-order valence-electron chi connectivity index (χ1n) is 10.2. The molecule has 25 heavy (non-hydrogen) atoms. The van der Waals surface area contributed by atoms with E-state index in [9.17, 15) is 15.0 Å². The van der Waals surface area contributed by atoms with E-state index in [0.29, 0.717) is 0 Å². The quantitative estimate of drug-likeness (QED) is 0.188. The summed E-state index contributed by atoms with van der Waals surface area (Å²) in [4.78, 5) is 10.9. The van der Waals surface area contributed by atoms with Crippen LogP contribution in [0.25, 0.3) is 0 Å². The van der Waals surface area contributed by atoms with Gasteiger partial charge in [0.15, 0.2) is 6.29 Å². The van der Waals surface area contributed by atoms with Crippen molar-refractivity contribution in [2.24, 2.45) is 11.8 Å². The fraction of sp³-hybridized carbons (Fsp3) is 0.857. The van der Waals surface area contributed by atoms with E-state index >= 15 is 0 Å². The highest BCUT2D eigenvalue weighted by atomic mass is 16.5. The summed E-state index contributed by atoms with van der Waals surface area (Å²) in [5.41, 5.74) is 0. The molecule has 0 saturated heterocycles. The molecule has 0 aliphatic rings. The third-order valence-electron chi connectivity index (χ3n) is 4.99. The molecule has 148 valence electrons. The predicted molar refractivity (Wildman–Crippen MR) is 103 cm³/mol. The van der Waals surface area contributed by atoms with Crippen LogP contribution in [-0.4, -0.2) is 27.6 Å². The van der Waals surface area contributed by atoms with Gasteiger partial charge in [0.2, 0.25) is 0 Å². The van der Waals surface area contributed by atoms with Crippen LogP contribution in [0.15, 0.2) is 12.2 Å². The van der Waals surface area contributed by atoms with Crippen LogP contribution in [0.2, 0.25) is 0 Å². The summed E-state index contributed by atoms with van der Waals surface area (Å²) >= 11 is 0. The van der Waals surface area contributed by atoms with Crippen molar-refractivity contribution in [3.8, 4) is 0 Å². The van der Waals surface area contributed by atoms with E-state index in [1.165, 1.54) is 44.9 Å². The molecule has 0 saturated carbocycles. The van der Waals surface area contributed by atoms with Crippen LogP contribution in [0.1, 0.15) is 97.3 Å².